The molecule has 3 aromatic rings. The van der Waals surface area contributed by atoms with Gasteiger partial charge in [0.05, 0.1) is 0 Å². The van der Waals surface area contributed by atoms with E-state index in [0.29, 0.717) is 12.5 Å². The number of para-hydroxylation sites is 1. The number of hydrogen-bond donors (Lipinski definition) is 2. The van der Waals surface area contributed by atoms with Crippen LogP contribution < -0.4 is 14.8 Å². The lowest BCUT2D eigenvalue weighted by atomic mass is 9.87. The second-order valence-corrected chi connectivity index (χ2v) is 8.06. The monoisotopic (exact) mass is 390 g/mol. The number of rotatable bonds is 5. The van der Waals surface area contributed by atoms with Crippen LogP contribution in [-0.2, 0) is 4.79 Å². The number of amides is 1. The van der Waals surface area contributed by atoms with Gasteiger partial charge in [0.1, 0.15) is 0 Å². The summed E-state index contributed by atoms with van der Waals surface area (Å²) in [6.07, 6.45) is 8.33. The molecule has 0 unspecified atom stereocenters. The molecule has 2 heterocycles. The van der Waals surface area contributed by atoms with Crippen LogP contribution in [0.3, 0.4) is 0 Å². The summed E-state index contributed by atoms with van der Waals surface area (Å²) in [5, 5.41) is 4.43. The number of fused-ring (bicyclic) bond motifs is 2. The number of ether oxygens (including phenoxy) is 2. The number of H-pyrrole nitrogens is 1. The molecule has 1 amide bonds. The highest BCUT2D eigenvalue weighted by Crippen LogP contribution is 2.39. The van der Waals surface area contributed by atoms with Gasteiger partial charge in [0.25, 0.3) is 0 Å². The van der Waals surface area contributed by atoms with Crippen LogP contribution >= 0.6 is 0 Å². The van der Waals surface area contributed by atoms with Crippen molar-refractivity contribution in [3.8, 4) is 11.5 Å². The molecule has 5 nitrogen and oxygen atoms in total. The lowest BCUT2D eigenvalue weighted by molar-refractivity contribution is -0.122. The molecule has 1 aliphatic heterocycles. The van der Waals surface area contributed by atoms with Crippen LogP contribution in [0.1, 0.15) is 55.6 Å². The Labute approximate surface area is 170 Å². The van der Waals surface area contributed by atoms with Gasteiger partial charge < -0.3 is 19.8 Å². The molecule has 2 aliphatic rings. The topological polar surface area (TPSA) is 63.4 Å². The van der Waals surface area contributed by atoms with Crippen LogP contribution in [0.2, 0.25) is 0 Å². The molecule has 0 saturated heterocycles. The average Bonchev–Trinajstić information content (AvgIpc) is 3.39. The Morgan fingerprint density at radius 1 is 1.07 bits per heavy atom. The van der Waals surface area contributed by atoms with Crippen molar-refractivity contribution in [2.75, 3.05) is 6.79 Å². The predicted octanol–water partition coefficient (Wildman–Crippen LogP) is 4.87. The van der Waals surface area contributed by atoms with E-state index in [9.17, 15) is 4.79 Å². The molecule has 1 fully saturated rings. The highest BCUT2D eigenvalue weighted by atomic mass is 16.7. The zero-order chi connectivity index (χ0) is 19.6. The number of nitrogens with one attached hydrogen (secondary N) is 2. The molecule has 0 radical (unpaired) electrons. The maximum absolute atomic E-state index is 13.0. The Kier molecular flexibility index (Phi) is 4.88. The summed E-state index contributed by atoms with van der Waals surface area (Å²) in [6.45, 7) is 0.249. The SMILES string of the molecule is O=C(C[C@@H](c1ccc2c(c1)OCO2)c1c[nH]c2ccccc12)NC1CCCCC1. The maximum atomic E-state index is 13.0. The second kappa shape index (κ2) is 7.82. The van der Waals surface area contributed by atoms with Gasteiger partial charge >= 0.3 is 0 Å². The Bertz CT molecular complexity index is 1020. The van der Waals surface area contributed by atoms with Crippen molar-refractivity contribution in [2.45, 2.75) is 50.5 Å². The van der Waals surface area contributed by atoms with Gasteiger partial charge in [-0.3, -0.25) is 4.79 Å². The smallest absolute Gasteiger partial charge is 0.231 e. The first-order valence-corrected chi connectivity index (χ1v) is 10.5. The van der Waals surface area contributed by atoms with E-state index < -0.39 is 0 Å². The third-order valence-electron chi connectivity index (χ3n) is 6.16. The van der Waals surface area contributed by atoms with Gasteiger partial charge in [-0.05, 0) is 42.2 Å². The van der Waals surface area contributed by atoms with Crippen molar-refractivity contribution in [3.05, 3.63) is 59.8 Å². The van der Waals surface area contributed by atoms with E-state index in [-0.39, 0.29) is 18.6 Å². The first-order chi connectivity index (χ1) is 14.3. The van der Waals surface area contributed by atoms with Crippen LogP contribution in [0.25, 0.3) is 10.9 Å². The third kappa shape index (κ3) is 3.69. The average molecular weight is 390 g/mol. The molecule has 1 atom stereocenters. The van der Waals surface area contributed by atoms with Crippen LogP contribution in [0.5, 0.6) is 11.5 Å². The van der Waals surface area contributed by atoms with Gasteiger partial charge in [-0.25, -0.2) is 0 Å². The Morgan fingerprint density at radius 2 is 1.90 bits per heavy atom. The molecule has 1 aromatic heterocycles. The molecule has 0 spiro atoms. The van der Waals surface area contributed by atoms with Crippen molar-refractivity contribution >= 4 is 16.8 Å². The summed E-state index contributed by atoms with van der Waals surface area (Å²) < 4.78 is 11.1. The lowest BCUT2D eigenvalue weighted by Gasteiger charge is -2.24. The summed E-state index contributed by atoms with van der Waals surface area (Å²) in [4.78, 5) is 16.3. The number of aromatic amines is 1. The number of carbonyl (C=O) groups is 1. The summed E-state index contributed by atoms with van der Waals surface area (Å²) in [5.41, 5.74) is 3.29. The minimum absolute atomic E-state index is 0.0516. The van der Waals surface area contributed by atoms with Gasteiger partial charge in [-0.2, -0.15) is 0 Å². The molecule has 0 bridgehead atoms. The lowest BCUT2D eigenvalue weighted by Crippen LogP contribution is -2.36. The van der Waals surface area contributed by atoms with Crippen molar-refractivity contribution in [2.24, 2.45) is 0 Å². The molecule has 1 aliphatic carbocycles. The minimum Gasteiger partial charge on any atom is -0.454 e. The first kappa shape index (κ1) is 18.1. The summed E-state index contributed by atoms with van der Waals surface area (Å²) >= 11 is 0. The Morgan fingerprint density at radius 3 is 2.79 bits per heavy atom. The molecule has 2 N–H and O–H groups in total. The quantitative estimate of drug-likeness (QED) is 0.653. The van der Waals surface area contributed by atoms with Crippen molar-refractivity contribution in [1.29, 1.82) is 0 Å². The Balaban J connectivity index is 1.46. The fraction of sp³-hybridized carbons (Fsp3) is 0.375. The first-order valence-electron chi connectivity index (χ1n) is 10.5. The zero-order valence-electron chi connectivity index (χ0n) is 16.4. The van der Waals surface area contributed by atoms with E-state index in [1.807, 2.05) is 36.5 Å². The maximum Gasteiger partial charge on any atom is 0.231 e. The van der Waals surface area contributed by atoms with Gasteiger partial charge in [0.2, 0.25) is 12.7 Å². The van der Waals surface area contributed by atoms with Crippen molar-refractivity contribution in [1.82, 2.24) is 10.3 Å². The molecule has 150 valence electrons. The number of hydrogen-bond acceptors (Lipinski definition) is 3. The van der Waals surface area contributed by atoms with Crippen molar-refractivity contribution in [3.63, 3.8) is 0 Å². The molecule has 2 aromatic carbocycles. The molecule has 1 saturated carbocycles. The minimum atomic E-state index is -0.0516. The fourth-order valence-corrected chi connectivity index (χ4v) is 4.64. The molecule has 5 rings (SSSR count). The van der Waals surface area contributed by atoms with Crippen molar-refractivity contribution < 1.29 is 14.3 Å². The largest absolute Gasteiger partial charge is 0.454 e. The van der Waals surface area contributed by atoms with Gasteiger partial charge in [-0.15, -0.1) is 0 Å². The third-order valence-corrected chi connectivity index (χ3v) is 6.16. The molecule has 5 heteroatoms. The van der Waals surface area contributed by atoms with Gasteiger partial charge in [0, 0.05) is 35.5 Å². The van der Waals surface area contributed by atoms with E-state index >= 15 is 0 Å². The van der Waals surface area contributed by atoms with Gasteiger partial charge in [-0.1, -0.05) is 43.5 Å². The zero-order valence-corrected chi connectivity index (χ0v) is 16.4. The Hall–Kier alpha value is -2.95. The molecular formula is C24H26N2O3. The van der Waals surface area contributed by atoms with E-state index in [2.05, 4.69) is 22.4 Å². The summed E-state index contributed by atoms with van der Waals surface area (Å²) in [6, 6.07) is 14.6. The van der Waals surface area contributed by atoms with E-state index in [1.54, 1.807) is 0 Å². The molecule has 29 heavy (non-hydrogen) atoms. The second-order valence-electron chi connectivity index (χ2n) is 8.06. The predicted molar refractivity (Wildman–Crippen MR) is 112 cm³/mol. The fourth-order valence-electron chi connectivity index (χ4n) is 4.64. The summed E-state index contributed by atoms with van der Waals surface area (Å²) in [7, 11) is 0. The number of carbonyl (C=O) groups excluding carboxylic acids is 1. The normalized spacial score (nSPS) is 17.4. The standard InChI is InChI=1S/C24H26N2O3/c27-24(26-17-6-2-1-3-7-17)13-19(16-10-11-22-23(12-16)29-15-28-22)20-14-25-21-9-5-4-8-18(20)21/h4-5,8-12,14,17,19,25H,1-3,6-7,13,15H2,(H,26,27)/t19-/m0/s1. The van der Waals surface area contributed by atoms with E-state index in [4.69, 9.17) is 9.47 Å². The number of aromatic nitrogens is 1. The van der Waals surface area contributed by atoms with Crippen LogP contribution in [0.15, 0.2) is 48.7 Å². The number of benzene rings is 2. The van der Waals surface area contributed by atoms with Crippen LogP contribution in [0, 0.1) is 0 Å². The van der Waals surface area contributed by atoms with Crippen LogP contribution in [-0.4, -0.2) is 23.7 Å². The van der Waals surface area contributed by atoms with E-state index in [1.165, 1.54) is 19.3 Å². The highest BCUT2D eigenvalue weighted by molar-refractivity contribution is 5.86. The molecular weight excluding hydrogens is 364 g/mol. The van der Waals surface area contributed by atoms with E-state index in [0.717, 1.165) is 46.4 Å². The highest BCUT2D eigenvalue weighted by Gasteiger charge is 2.25. The van der Waals surface area contributed by atoms with Crippen LogP contribution in [0.4, 0.5) is 0 Å². The van der Waals surface area contributed by atoms with Gasteiger partial charge in [0.15, 0.2) is 11.5 Å². The summed E-state index contributed by atoms with van der Waals surface area (Å²) in [5.74, 6) is 1.58.